The zero-order chi connectivity index (χ0) is 13.7. The van der Waals surface area contributed by atoms with Gasteiger partial charge in [-0.3, -0.25) is 4.90 Å². The summed E-state index contributed by atoms with van der Waals surface area (Å²) in [5.41, 5.74) is 7.89. The molecule has 106 valence electrons. The third kappa shape index (κ3) is 4.51. The minimum absolute atomic E-state index is 0.412. The Morgan fingerprint density at radius 1 is 1.26 bits per heavy atom. The Bertz CT molecular complexity index is 377. The molecule has 0 radical (unpaired) electrons. The molecular weight excluding hydrogens is 236 g/mol. The highest BCUT2D eigenvalue weighted by atomic mass is 16.5. The van der Waals surface area contributed by atoms with Crippen molar-refractivity contribution in [1.82, 2.24) is 4.90 Å². The molecule has 3 nitrogen and oxygen atoms in total. The summed E-state index contributed by atoms with van der Waals surface area (Å²) < 4.78 is 5.93. The minimum atomic E-state index is 0.412. The fourth-order valence-electron chi connectivity index (χ4n) is 2.74. The molecule has 1 saturated heterocycles. The first-order chi connectivity index (χ1) is 9.17. The van der Waals surface area contributed by atoms with Crippen LogP contribution < -0.4 is 5.73 Å². The maximum Gasteiger partial charge on any atom is 0.0706 e. The number of nitrogens with two attached hydrogens (primary N) is 1. The van der Waals surface area contributed by atoms with Gasteiger partial charge in [-0.15, -0.1) is 0 Å². The number of nitrogen functional groups attached to an aromatic ring is 1. The van der Waals surface area contributed by atoms with Crippen LogP contribution >= 0.6 is 0 Å². The fraction of sp³-hybridized carbons (Fsp3) is 0.625. The Kier molecular flexibility index (Phi) is 5.23. The number of hydrogen-bond acceptors (Lipinski definition) is 3. The molecule has 2 N–H and O–H groups in total. The van der Waals surface area contributed by atoms with Gasteiger partial charge < -0.3 is 10.5 Å². The van der Waals surface area contributed by atoms with Gasteiger partial charge in [-0.25, -0.2) is 0 Å². The Morgan fingerprint density at radius 3 is 2.58 bits per heavy atom. The van der Waals surface area contributed by atoms with Gasteiger partial charge in [0.25, 0.3) is 0 Å². The quantitative estimate of drug-likeness (QED) is 0.801. The molecule has 2 unspecified atom stereocenters. The van der Waals surface area contributed by atoms with Crippen LogP contribution in [0.1, 0.15) is 38.7 Å². The number of nitrogens with zero attached hydrogens (tertiary/aromatic N) is 1. The van der Waals surface area contributed by atoms with E-state index in [-0.39, 0.29) is 0 Å². The monoisotopic (exact) mass is 262 g/mol. The SMILES string of the molecule is CCCN(Cc1ccc(N)cc1)CC1CCC(C)O1. The van der Waals surface area contributed by atoms with E-state index in [1.807, 2.05) is 12.1 Å². The molecule has 1 fully saturated rings. The molecule has 2 rings (SSSR count). The van der Waals surface area contributed by atoms with Crippen LogP contribution in [0.3, 0.4) is 0 Å². The molecule has 0 aromatic heterocycles. The van der Waals surface area contributed by atoms with Crippen molar-refractivity contribution in [3.05, 3.63) is 29.8 Å². The molecule has 0 saturated carbocycles. The van der Waals surface area contributed by atoms with Crippen molar-refractivity contribution in [2.24, 2.45) is 0 Å². The van der Waals surface area contributed by atoms with Gasteiger partial charge in [-0.2, -0.15) is 0 Å². The van der Waals surface area contributed by atoms with E-state index in [9.17, 15) is 0 Å². The van der Waals surface area contributed by atoms with Crippen molar-refractivity contribution in [3.8, 4) is 0 Å². The molecule has 1 aliphatic heterocycles. The summed E-state index contributed by atoms with van der Waals surface area (Å²) in [6.07, 6.45) is 4.42. The van der Waals surface area contributed by atoms with Gasteiger partial charge in [0.1, 0.15) is 0 Å². The van der Waals surface area contributed by atoms with Crippen LogP contribution in [0.5, 0.6) is 0 Å². The van der Waals surface area contributed by atoms with Crippen LogP contribution in [0.15, 0.2) is 24.3 Å². The Labute approximate surface area is 116 Å². The van der Waals surface area contributed by atoms with Gasteiger partial charge in [0, 0.05) is 18.8 Å². The summed E-state index contributed by atoms with van der Waals surface area (Å²) in [7, 11) is 0. The highest BCUT2D eigenvalue weighted by molar-refractivity contribution is 5.39. The molecule has 0 spiro atoms. The van der Waals surface area contributed by atoms with Gasteiger partial charge in [0.15, 0.2) is 0 Å². The molecule has 0 aliphatic carbocycles. The first-order valence-corrected chi connectivity index (χ1v) is 7.39. The zero-order valence-electron chi connectivity index (χ0n) is 12.1. The smallest absolute Gasteiger partial charge is 0.0706 e. The van der Waals surface area contributed by atoms with E-state index in [0.29, 0.717) is 12.2 Å². The average Bonchev–Trinajstić information content (AvgIpc) is 2.78. The van der Waals surface area contributed by atoms with E-state index in [2.05, 4.69) is 30.9 Å². The molecule has 1 aliphatic rings. The predicted octanol–water partition coefficient (Wildman–Crippen LogP) is 3.05. The second-order valence-electron chi connectivity index (χ2n) is 5.62. The summed E-state index contributed by atoms with van der Waals surface area (Å²) in [4.78, 5) is 2.49. The molecule has 3 heteroatoms. The molecule has 0 amide bonds. The summed E-state index contributed by atoms with van der Waals surface area (Å²) in [5.74, 6) is 0. The van der Waals surface area contributed by atoms with E-state index in [1.54, 1.807) is 0 Å². The Morgan fingerprint density at radius 2 is 2.00 bits per heavy atom. The fourth-order valence-corrected chi connectivity index (χ4v) is 2.74. The number of rotatable bonds is 6. The first kappa shape index (κ1) is 14.4. The van der Waals surface area contributed by atoms with Crippen molar-refractivity contribution in [2.75, 3.05) is 18.8 Å². The largest absolute Gasteiger partial charge is 0.399 e. The summed E-state index contributed by atoms with van der Waals surface area (Å²) in [5, 5.41) is 0. The topological polar surface area (TPSA) is 38.5 Å². The normalized spacial score (nSPS) is 23.1. The van der Waals surface area contributed by atoms with Crippen LogP contribution in [0.2, 0.25) is 0 Å². The maximum absolute atomic E-state index is 5.93. The van der Waals surface area contributed by atoms with Gasteiger partial charge in [-0.1, -0.05) is 19.1 Å². The van der Waals surface area contributed by atoms with E-state index in [1.165, 1.54) is 24.8 Å². The van der Waals surface area contributed by atoms with Crippen molar-refractivity contribution in [1.29, 1.82) is 0 Å². The summed E-state index contributed by atoms with van der Waals surface area (Å²) in [6, 6.07) is 8.20. The van der Waals surface area contributed by atoms with Crippen molar-refractivity contribution >= 4 is 5.69 Å². The summed E-state index contributed by atoms with van der Waals surface area (Å²) in [6.45, 7) is 7.56. The molecule has 2 atom stereocenters. The van der Waals surface area contributed by atoms with Gasteiger partial charge >= 0.3 is 0 Å². The number of ether oxygens (including phenoxy) is 1. The van der Waals surface area contributed by atoms with E-state index in [0.717, 1.165) is 25.3 Å². The minimum Gasteiger partial charge on any atom is -0.399 e. The van der Waals surface area contributed by atoms with E-state index in [4.69, 9.17) is 10.5 Å². The van der Waals surface area contributed by atoms with Crippen molar-refractivity contribution in [3.63, 3.8) is 0 Å². The van der Waals surface area contributed by atoms with Crippen LogP contribution in [-0.4, -0.2) is 30.2 Å². The van der Waals surface area contributed by atoms with E-state index < -0.39 is 0 Å². The lowest BCUT2D eigenvalue weighted by molar-refractivity contribution is 0.0297. The molecule has 1 aromatic carbocycles. The number of hydrogen-bond donors (Lipinski definition) is 1. The maximum atomic E-state index is 5.93. The second-order valence-corrected chi connectivity index (χ2v) is 5.62. The van der Waals surface area contributed by atoms with Gasteiger partial charge in [-0.05, 0) is 50.4 Å². The van der Waals surface area contributed by atoms with Gasteiger partial charge in [0.2, 0.25) is 0 Å². The molecule has 0 bridgehead atoms. The Hall–Kier alpha value is -1.06. The zero-order valence-corrected chi connectivity index (χ0v) is 12.1. The first-order valence-electron chi connectivity index (χ1n) is 7.39. The van der Waals surface area contributed by atoms with Gasteiger partial charge in [0.05, 0.1) is 12.2 Å². The third-order valence-corrected chi connectivity index (χ3v) is 3.71. The average molecular weight is 262 g/mol. The van der Waals surface area contributed by atoms with Crippen LogP contribution in [0, 0.1) is 0 Å². The highest BCUT2D eigenvalue weighted by Gasteiger charge is 2.23. The summed E-state index contributed by atoms with van der Waals surface area (Å²) >= 11 is 0. The lowest BCUT2D eigenvalue weighted by atomic mass is 10.1. The highest BCUT2D eigenvalue weighted by Crippen LogP contribution is 2.20. The molecular formula is C16H26N2O. The molecule has 19 heavy (non-hydrogen) atoms. The number of anilines is 1. The lowest BCUT2D eigenvalue weighted by Crippen LogP contribution is -2.32. The standard InChI is InChI=1S/C16H26N2O/c1-3-10-18(12-16-9-4-13(2)19-16)11-14-5-7-15(17)8-6-14/h5-8,13,16H,3-4,9-12,17H2,1-2H3. The van der Waals surface area contributed by atoms with E-state index >= 15 is 0 Å². The molecule has 1 heterocycles. The predicted molar refractivity (Wildman–Crippen MR) is 80.0 cm³/mol. The third-order valence-electron chi connectivity index (χ3n) is 3.71. The lowest BCUT2D eigenvalue weighted by Gasteiger charge is -2.25. The molecule has 1 aromatic rings. The van der Waals surface area contributed by atoms with Crippen LogP contribution in [-0.2, 0) is 11.3 Å². The van der Waals surface area contributed by atoms with Crippen molar-refractivity contribution < 1.29 is 4.74 Å². The van der Waals surface area contributed by atoms with Crippen molar-refractivity contribution in [2.45, 2.75) is 51.9 Å². The van der Waals surface area contributed by atoms with Crippen LogP contribution in [0.25, 0.3) is 0 Å². The Balaban J connectivity index is 1.90. The second kappa shape index (κ2) is 6.92. The van der Waals surface area contributed by atoms with Crippen LogP contribution in [0.4, 0.5) is 5.69 Å². The number of benzene rings is 1.